The van der Waals surface area contributed by atoms with Crippen LogP contribution in [0, 0.1) is 0 Å². The molecule has 0 amide bonds. The minimum absolute atomic E-state index is 0.530. The highest BCUT2D eigenvalue weighted by Crippen LogP contribution is 2.31. The highest BCUT2D eigenvalue weighted by Gasteiger charge is 2.06. The van der Waals surface area contributed by atoms with Gasteiger partial charge in [0.25, 0.3) is 0 Å². The summed E-state index contributed by atoms with van der Waals surface area (Å²) < 4.78 is 1.83. The van der Waals surface area contributed by atoms with Crippen LogP contribution in [0.25, 0.3) is 0 Å². The van der Waals surface area contributed by atoms with E-state index in [1.807, 2.05) is 0 Å². The number of thiophene rings is 1. The second-order valence-electron chi connectivity index (χ2n) is 4.21. The minimum atomic E-state index is 0.530. The first-order valence-electron chi connectivity index (χ1n) is 5.31. The number of hydrogen-bond acceptors (Lipinski definition) is 3. The Hall–Kier alpha value is 0.390. The first-order valence-corrected chi connectivity index (χ1v) is 7.29. The van der Waals surface area contributed by atoms with Gasteiger partial charge in [0.15, 0.2) is 0 Å². The predicted molar refractivity (Wildman–Crippen MR) is 76.5 cm³/mol. The molecule has 0 fully saturated rings. The summed E-state index contributed by atoms with van der Waals surface area (Å²) in [5.41, 5.74) is 0. The van der Waals surface area contributed by atoms with Crippen LogP contribution in [0.2, 0.25) is 4.34 Å². The molecule has 92 valence electrons. The third-order valence-electron chi connectivity index (χ3n) is 2.33. The fourth-order valence-electron chi connectivity index (χ4n) is 1.31. The zero-order chi connectivity index (χ0) is 12.1. The van der Waals surface area contributed by atoms with Crippen molar-refractivity contribution in [1.29, 1.82) is 0 Å². The van der Waals surface area contributed by atoms with E-state index in [2.05, 4.69) is 53.2 Å². The Labute approximate surface area is 115 Å². The van der Waals surface area contributed by atoms with Gasteiger partial charge in [0.2, 0.25) is 0 Å². The highest BCUT2D eigenvalue weighted by atomic mass is 79.9. The lowest BCUT2D eigenvalue weighted by Gasteiger charge is -2.16. The Bertz CT molecular complexity index is 308. The Morgan fingerprint density at radius 3 is 2.75 bits per heavy atom. The molecule has 1 atom stereocenters. The zero-order valence-electron chi connectivity index (χ0n) is 9.89. The van der Waals surface area contributed by atoms with Crippen molar-refractivity contribution < 1.29 is 0 Å². The topological polar surface area (TPSA) is 15.3 Å². The van der Waals surface area contributed by atoms with Crippen LogP contribution < -0.4 is 5.32 Å². The molecule has 16 heavy (non-hydrogen) atoms. The van der Waals surface area contributed by atoms with Crippen molar-refractivity contribution in [2.75, 3.05) is 20.6 Å². The molecule has 2 nitrogen and oxygen atoms in total. The molecule has 1 N–H and O–H groups in total. The molecular weight excluding hydrogens is 308 g/mol. The maximum atomic E-state index is 5.98. The van der Waals surface area contributed by atoms with Crippen LogP contribution in [-0.2, 0) is 6.54 Å². The molecule has 1 aromatic heterocycles. The molecule has 0 aliphatic heterocycles. The summed E-state index contributed by atoms with van der Waals surface area (Å²) in [7, 11) is 4.20. The molecular formula is C11H18BrClN2S. The number of nitrogens with zero attached hydrogens (tertiary/aromatic N) is 1. The summed E-state index contributed by atoms with van der Waals surface area (Å²) in [5.74, 6) is 0. The van der Waals surface area contributed by atoms with E-state index in [0.717, 1.165) is 28.3 Å². The highest BCUT2D eigenvalue weighted by molar-refractivity contribution is 9.10. The van der Waals surface area contributed by atoms with E-state index >= 15 is 0 Å². The van der Waals surface area contributed by atoms with E-state index in [1.54, 1.807) is 11.3 Å². The molecule has 1 unspecified atom stereocenters. The van der Waals surface area contributed by atoms with Crippen LogP contribution in [0.4, 0.5) is 0 Å². The van der Waals surface area contributed by atoms with Crippen LogP contribution in [0.1, 0.15) is 18.2 Å². The quantitative estimate of drug-likeness (QED) is 0.860. The van der Waals surface area contributed by atoms with Gasteiger partial charge >= 0.3 is 0 Å². The van der Waals surface area contributed by atoms with Crippen molar-refractivity contribution in [3.8, 4) is 0 Å². The smallest absolute Gasteiger partial charge is 0.107 e. The van der Waals surface area contributed by atoms with Crippen molar-refractivity contribution in [3.63, 3.8) is 0 Å². The van der Waals surface area contributed by atoms with Crippen LogP contribution in [0.5, 0.6) is 0 Å². The molecule has 0 radical (unpaired) electrons. The molecule has 0 saturated carbocycles. The largest absolute Gasteiger partial charge is 0.309 e. The molecule has 5 heteroatoms. The summed E-state index contributed by atoms with van der Waals surface area (Å²) in [6, 6.07) is 2.61. The van der Waals surface area contributed by atoms with Crippen molar-refractivity contribution >= 4 is 38.9 Å². The molecule has 0 aliphatic carbocycles. The first-order chi connectivity index (χ1) is 7.49. The fourth-order valence-corrected chi connectivity index (χ4v) is 3.05. The number of hydrogen-bond donors (Lipinski definition) is 1. The summed E-state index contributed by atoms with van der Waals surface area (Å²) >= 11 is 11.0. The Kier molecular flexibility index (Phi) is 6.29. The van der Waals surface area contributed by atoms with Gasteiger partial charge in [0.1, 0.15) is 4.34 Å². The first kappa shape index (κ1) is 14.5. The van der Waals surface area contributed by atoms with Gasteiger partial charge in [-0.15, -0.1) is 11.3 Å². The second kappa shape index (κ2) is 6.97. The lowest BCUT2D eigenvalue weighted by Crippen LogP contribution is -2.29. The second-order valence-corrected chi connectivity index (χ2v) is 6.80. The van der Waals surface area contributed by atoms with E-state index in [4.69, 9.17) is 11.6 Å². The Balaban J connectivity index is 2.28. The summed E-state index contributed by atoms with van der Waals surface area (Å²) in [6.45, 7) is 4.22. The molecule has 1 rings (SSSR count). The monoisotopic (exact) mass is 324 g/mol. The number of nitrogens with one attached hydrogen (secondary N) is 1. The van der Waals surface area contributed by atoms with E-state index < -0.39 is 0 Å². The van der Waals surface area contributed by atoms with E-state index in [9.17, 15) is 0 Å². The third-order valence-corrected chi connectivity index (χ3v) is 4.80. The van der Waals surface area contributed by atoms with Crippen LogP contribution in [0.3, 0.4) is 0 Å². The van der Waals surface area contributed by atoms with E-state index in [0.29, 0.717) is 6.04 Å². The Morgan fingerprint density at radius 1 is 1.56 bits per heavy atom. The lowest BCUT2D eigenvalue weighted by atomic mass is 10.2. The van der Waals surface area contributed by atoms with Gasteiger partial charge in [-0.25, -0.2) is 0 Å². The molecule has 0 spiro atoms. The van der Waals surface area contributed by atoms with Crippen molar-refractivity contribution in [2.45, 2.75) is 25.9 Å². The molecule has 0 saturated heterocycles. The van der Waals surface area contributed by atoms with Gasteiger partial charge in [-0.1, -0.05) is 11.6 Å². The fraction of sp³-hybridized carbons (Fsp3) is 0.636. The predicted octanol–water partition coefficient (Wildman–Crippen LogP) is 3.59. The minimum Gasteiger partial charge on any atom is -0.309 e. The molecule has 1 heterocycles. The molecule has 1 aromatic rings. The van der Waals surface area contributed by atoms with Crippen molar-refractivity contribution in [1.82, 2.24) is 10.2 Å². The molecule has 0 aromatic carbocycles. The third kappa shape index (κ3) is 5.15. The number of halogens is 2. The van der Waals surface area contributed by atoms with Crippen molar-refractivity contribution in [3.05, 3.63) is 19.8 Å². The van der Waals surface area contributed by atoms with E-state index in [-0.39, 0.29) is 0 Å². The van der Waals surface area contributed by atoms with Gasteiger partial charge in [-0.2, -0.15) is 0 Å². The van der Waals surface area contributed by atoms with Gasteiger partial charge in [-0.3, -0.25) is 0 Å². The summed E-state index contributed by atoms with van der Waals surface area (Å²) in [6.07, 6.45) is 1.16. The average molecular weight is 326 g/mol. The summed E-state index contributed by atoms with van der Waals surface area (Å²) in [5, 5.41) is 3.50. The maximum absolute atomic E-state index is 5.98. The molecule has 0 aliphatic rings. The van der Waals surface area contributed by atoms with Gasteiger partial charge < -0.3 is 10.2 Å². The van der Waals surface area contributed by atoms with Crippen LogP contribution in [0.15, 0.2) is 10.5 Å². The van der Waals surface area contributed by atoms with Crippen LogP contribution in [-0.4, -0.2) is 31.6 Å². The molecule has 0 bridgehead atoms. The van der Waals surface area contributed by atoms with Crippen LogP contribution >= 0.6 is 38.9 Å². The SMILES string of the molecule is CC(CCN(C)C)NCc1cc(Br)c(Cl)s1. The van der Waals surface area contributed by atoms with E-state index in [1.165, 1.54) is 4.88 Å². The average Bonchev–Trinajstić information content (AvgIpc) is 2.52. The number of rotatable bonds is 6. The Morgan fingerprint density at radius 2 is 2.25 bits per heavy atom. The van der Waals surface area contributed by atoms with Gasteiger partial charge in [0.05, 0.1) is 0 Å². The standard InChI is InChI=1S/C11H18BrClN2S/c1-8(4-5-15(2)3)14-7-9-6-10(12)11(13)16-9/h6,8,14H,4-5,7H2,1-3H3. The zero-order valence-corrected chi connectivity index (χ0v) is 13.0. The lowest BCUT2D eigenvalue weighted by molar-refractivity contribution is 0.366. The van der Waals surface area contributed by atoms with Gasteiger partial charge in [0, 0.05) is 21.9 Å². The van der Waals surface area contributed by atoms with Crippen molar-refractivity contribution in [2.24, 2.45) is 0 Å². The summed E-state index contributed by atoms with van der Waals surface area (Å²) in [4.78, 5) is 3.48. The van der Waals surface area contributed by atoms with Gasteiger partial charge in [-0.05, 0) is 56.0 Å². The normalized spacial score (nSPS) is 13.4. The maximum Gasteiger partial charge on any atom is 0.107 e.